The lowest BCUT2D eigenvalue weighted by atomic mass is 10.0. The summed E-state index contributed by atoms with van der Waals surface area (Å²) in [7, 11) is 0. The third-order valence-corrected chi connectivity index (χ3v) is 5.34. The maximum absolute atomic E-state index is 14.4. The maximum atomic E-state index is 14.4. The molecule has 0 amide bonds. The Hall–Kier alpha value is -0.420. The van der Waals surface area contributed by atoms with Gasteiger partial charge >= 0.3 is 0 Å². The number of nitrogens with one attached hydrogen (secondary N) is 1. The average molecular weight is 377 g/mol. The Labute approximate surface area is 136 Å². The molecule has 1 heterocycles. The highest BCUT2D eigenvalue weighted by Crippen LogP contribution is 2.35. The Bertz CT molecular complexity index is 600. The van der Waals surface area contributed by atoms with Gasteiger partial charge in [0.15, 0.2) is 0 Å². The Balaban J connectivity index is 2.43. The van der Waals surface area contributed by atoms with Gasteiger partial charge in [0.05, 0.1) is 11.1 Å². The molecule has 0 aliphatic carbocycles. The van der Waals surface area contributed by atoms with Crippen LogP contribution in [0.2, 0.25) is 5.02 Å². The second-order valence-electron chi connectivity index (χ2n) is 4.60. The molecule has 5 heteroatoms. The second-order valence-corrected chi connectivity index (χ2v) is 7.15. The predicted octanol–water partition coefficient (Wildman–Crippen LogP) is 5.70. The maximum Gasteiger partial charge on any atom is 0.148 e. The van der Waals surface area contributed by atoms with Gasteiger partial charge in [-0.25, -0.2) is 4.39 Å². The number of benzene rings is 1. The van der Waals surface area contributed by atoms with Gasteiger partial charge in [-0.1, -0.05) is 24.6 Å². The summed E-state index contributed by atoms with van der Waals surface area (Å²) < 4.78 is 15.0. The first-order valence-electron chi connectivity index (χ1n) is 6.47. The van der Waals surface area contributed by atoms with Crippen molar-refractivity contribution in [3.8, 4) is 0 Å². The lowest BCUT2D eigenvalue weighted by Gasteiger charge is -2.19. The molecule has 1 nitrogen and oxygen atoms in total. The fourth-order valence-corrected chi connectivity index (χ4v) is 3.48. The van der Waals surface area contributed by atoms with E-state index in [1.807, 2.05) is 6.07 Å². The van der Waals surface area contributed by atoms with Crippen molar-refractivity contribution < 1.29 is 4.39 Å². The van der Waals surface area contributed by atoms with Crippen molar-refractivity contribution in [3.63, 3.8) is 0 Å². The molecule has 1 aromatic heterocycles. The highest BCUT2D eigenvalue weighted by molar-refractivity contribution is 9.10. The number of rotatable bonds is 5. The number of hydrogen-bond donors (Lipinski definition) is 1. The normalized spacial score (nSPS) is 12.7. The molecule has 1 N–H and O–H groups in total. The zero-order valence-electron chi connectivity index (χ0n) is 11.3. The minimum atomic E-state index is -0.360. The van der Waals surface area contributed by atoms with E-state index in [2.05, 4.69) is 41.2 Å². The van der Waals surface area contributed by atoms with Gasteiger partial charge in [0.2, 0.25) is 0 Å². The minimum absolute atomic E-state index is 0.138. The van der Waals surface area contributed by atoms with Crippen molar-refractivity contribution in [2.45, 2.75) is 26.3 Å². The molecule has 0 fully saturated rings. The highest BCUT2D eigenvalue weighted by atomic mass is 79.9. The van der Waals surface area contributed by atoms with Crippen LogP contribution in [0.4, 0.5) is 4.39 Å². The van der Waals surface area contributed by atoms with Gasteiger partial charge in [-0.3, -0.25) is 0 Å². The molecule has 0 aliphatic heterocycles. The largest absolute Gasteiger partial charge is 0.306 e. The van der Waals surface area contributed by atoms with Crippen LogP contribution in [-0.4, -0.2) is 6.54 Å². The Morgan fingerprint density at radius 1 is 1.35 bits per heavy atom. The van der Waals surface area contributed by atoms with Crippen molar-refractivity contribution in [3.05, 3.63) is 54.9 Å². The molecule has 1 atom stereocenters. The Morgan fingerprint density at radius 2 is 2.10 bits per heavy atom. The number of aryl methyl sites for hydroxylation is 1. The number of thiophene rings is 1. The molecule has 0 bridgehead atoms. The smallest absolute Gasteiger partial charge is 0.148 e. The Kier molecular flexibility index (Phi) is 5.61. The van der Waals surface area contributed by atoms with Gasteiger partial charge in [-0.15, -0.1) is 11.3 Å². The topological polar surface area (TPSA) is 12.0 Å². The fraction of sp³-hybridized carbons (Fsp3) is 0.333. The highest BCUT2D eigenvalue weighted by Gasteiger charge is 2.21. The van der Waals surface area contributed by atoms with Gasteiger partial charge in [0.25, 0.3) is 0 Å². The van der Waals surface area contributed by atoms with Crippen LogP contribution in [0.1, 0.15) is 34.7 Å². The summed E-state index contributed by atoms with van der Waals surface area (Å²) in [4.78, 5) is 2.32. The fourth-order valence-electron chi connectivity index (χ4n) is 2.02. The van der Waals surface area contributed by atoms with Crippen molar-refractivity contribution in [2.24, 2.45) is 0 Å². The van der Waals surface area contributed by atoms with E-state index < -0.39 is 0 Å². The Morgan fingerprint density at radius 3 is 2.70 bits per heavy atom. The second kappa shape index (κ2) is 7.03. The minimum Gasteiger partial charge on any atom is -0.306 e. The molecule has 0 radical (unpaired) electrons. The van der Waals surface area contributed by atoms with Crippen LogP contribution in [0.5, 0.6) is 0 Å². The molecule has 20 heavy (non-hydrogen) atoms. The molecule has 1 aromatic carbocycles. The van der Waals surface area contributed by atoms with E-state index in [4.69, 9.17) is 11.6 Å². The lowest BCUT2D eigenvalue weighted by molar-refractivity contribution is 0.551. The summed E-state index contributed by atoms with van der Waals surface area (Å²) in [6, 6.07) is 7.52. The van der Waals surface area contributed by atoms with Crippen molar-refractivity contribution in [1.82, 2.24) is 5.32 Å². The predicted molar refractivity (Wildman–Crippen MR) is 88.3 cm³/mol. The third kappa shape index (κ3) is 3.42. The summed E-state index contributed by atoms with van der Waals surface area (Å²) in [5.74, 6) is -0.360. The molecule has 2 aromatic rings. The van der Waals surface area contributed by atoms with Crippen molar-refractivity contribution in [2.75, 3.05) is 6.54 Å². The molecule has 1 unspecified atom stereocenters. The van der Waals surface area contributed by atoms with Gasteiger partial charge < -0.3 is 5.32 Å². The lowest BCUT2D eigenvalue weighted by Crippen LogP contribution is -2.23. The molecular formula is C15H16BrClFNS. The van der Waals surface area contributed by atoms with Crippen LogP contribution >= 0.6 is 38.9 Å². The molecule has 2 rings (SSSR count). The SMILES string of the molecule is CCCNC(c1ccc(C)s1)c1ccc(Br)c(Cl)c1F. The van der Waals surface area contributed by atoms with E-state index in [1.165, 1.54) is 4.88 Å². The molecule has 0 saturated carbocycles. The first kappa shape index (κ1) is 16.0. The summed E-state index contributed by atoms with van der Waals surface area (Å²) in [5, 5.41) is 3.54. The molecule has 0 aliphatic rings. The first-order chi connectivity index (χ1) is 9.54. The monoisotopic (exact) mass is 375 g/mol. The van der Waals surface area contributed by atoms with Crippen LogP contribution in [0.3, 0.4) is 0 Å². The van der Waals surface area contributed by atoms with Crippen LogP contribution < -0.4 is 5.32 Å². The summed E-state index contributed by atoms with van der Waals surface area (Å²) in [5.41, 5.74) is 0.591. The van der Waals surface area contributed by atoms with Crippen molar-refractivity contribution >= 4 is 38.9 Å². The van der Waals surface area contributed by atoms with Crippen LogP contribution in [-0.2, 0) is 0 Å². The zero-order valence-corrected chi connectivity index (χ0v) is 14.5. The number of hydrogen-bond acceptors (Lipinski definition) is 2. The standard InChI is InChI=1S/C15H16BrClFNS/c1-3-8-19-15(12-7-4-9(2)20-12)10-5-6-11(16)13(17)14(10)18/h4-7,15,19H,3,8H2,1-2H3. The summed E-state index contributed by atoms with van der Waals surface area (Å²) in [6.45, 7) is 4.97. The summed E-state index contributed by atoms with van der Waals surface area (Å²) in [6.07, 6.45) is 0.993. The first-order valence-corrected chi connectivity index (χ1v) is 8.46. The van der Waals surface area contributed by atoms with Gasteiger partial charge in [-0.2, -0.15) is 0 Å². The summed E-state index contributed by atoms with van der Waals surface area (Å²) >= 11 is 10.9. The van der Waals surface area contributed by atoms with E-state index >= 15 is 0 Å². The van der Waals surface area contributed by atoms with E-state index in [1.54, 1.807) is 23.5 Å². The van der Waals surface area contributed by atoms with Gasteiger partial charge in [0.1, 0.15) is 5.82 Å². The van der Waals surface area contributed by atoms with Crippen LogP contribution in [0.15, 0.2) is 28.7 Å². The molecule has 0 spiro atoms. The van der Waals surface area contributed by atoms with Crippen molar-refractivity contribution in [1.29, 1.82) is 0 Å². The zero-order chi connectivity index (χ0) is 14.7. The van der Waals surface area contributed by atoms with E-state index in [-0.39, 0.29) is 16.9 Å². The van der Waals surface area contributed by atoms with Crippen LogP contribution in [0.25, 0.3) is 0 Å². The van der Waals surface area contributed by atoms with Gasteiger partial charge in [0, 0.05) is 19.8 Å². The molecular weight excluding hydrogens is 361 g/mol. The van der Waals surface area contributed by atoms with Crippen LogP contribution in [0, 0.1) is 12.7 Å². The molecule has 0 saturated heterocycles. The van der Waals surface area contributed by atoms with Gasteiger partial charge in [-0.05, 0) is 54.0 Å². The molecule has 108 valence electrons. The van der Waals surface area contributed by atoms with E-state index in [9.17, 15) is 4.39 Å². The third-order valence-electron chi connectivity index (χ3n) is 3.02. The number of halogens is 3. The quantitative estimate of drug-likeness (QED) is 0.660. The van der Waals surface area contributed by atoms with E-state index in [0.29, 0.717) is 10.0 Å². The average Bonchev–Trinajstić information content (AvgIpc) is 2.85. The van der Waals surface area contributed by atoms with E-state index in [0.717, 1.165) is 17.8 Å².